The Labute approximate surface area is 88.6 Å². The Balaban J connectivity index is 2.04. The number of hydrogen-bond donors (Lipinski definition) is 0. The number of carbonyl (C=O) groups is 1. The Morgan fingerprint density at radius 3 is 2.67 bits per heavy atom. The molecule has 0 unspecified atom stereocenters. The van der Waals surface area contributed by atoms with Crippen molar-refractivity contribution in [3.8, 4) is 11.8 Å². The van der Waals surface area contributed by atoms with E-state index in [2.05, 4.69) is 11.8 Å². The van der Waals surface area contributed by atoms with Crippen molar-refractivity contribution in [3.05, 3.63) is 47.7 Å². The van der Waals surface area contributed by atoms with Crippen LogP contribution >= 0.6 is 0 Å². The number of carbonyl (C=O) groups excluding carboxylic acids is 1. The van der Waals surface area contributed by atoms with E-state index in [1.807, 2.05) is 30.3 Å². The molecule has 0 saturated carbocycles. The molecule has 0 aliphatic carbocycles. The first kappa shape index (κ1) is 9.54. The highest BCUT2D eigenvalue weighted by Crippen LogP contribution is 2.16. The SMILES string of the molecule is O=C1CC/C(=C/C#Cc2ccccc2)O1. The number of benzene rings is 1. The van der Waals surface area contributed by atoms with Crippen LogP contribution in [0.2, 0.25) is 0 Å². The maximum Gasteiger partial charge on any atom is 0.311 e. The lowest BCUT2D eigenvalue weighted by atomic mass is 10.2. The summed E-state index contributed by atoms with van der Waals surface area (Å²) < 4.78 is 4.92. The normalized spacial score (nSPS) is 17.1. The minimum atomic E-state index is -0.164. The van der Waals surface area contributed by atoms with Crippen molar-refractivity contribution in [3.63, 3.8) is 0 Å². The molecule has 1 fully saturated rings. The summed E-state index contributed by atoms with van der Waals surface area (Å²) in [5.41, 5.74) is 0.957. The molecule has 1 aliphatic heterocycles. The topological polar surface area (TPSA) is 26.3 Å². The predicted molar refractivity (Wildman–Crippen MR) is 56.7 cm³/mol. The second-order valence-corrected chi connectivity index (χ2v) is 3.22. The lowest BCUT2D eigenvalue weighted by molar-refractivity contribution is -0.135. The van der Waals surface area contributed by atoms with Crippen molar-refractivity contribution < 1.29 is 9.53 Å². The van der Waals surface area contributed by atoms with Crippen LogP contribution in [0.15, 0.2) is 42.2 Å². The van der Waals surface area contributed by atoms with Gasteiger partial charge in [-0.3, -0.25) is 4.79 Å². The lowest BCUT2D eigenvalue weighted by Gasteiger charge is -1.90. The second-order valence-electron chi connectivity index (χ2n) is 3.22. The van der Waals surface area contributed by atoms with Gasteiger partial charge in [-0.2, -0.15) is 0 Å². The highest BCUT2D eigenvalue weighted by molar-refractivity contribution is 5.73. The molecule has 2 rings (SSSR count). The summed E-state index contributed by atoms with van der Waals surface area (Å²) in [7, 11) is 0. The number of hydrogen-bond acceptors (Lipinski definition) is 2. The van der Waals surface area contributed by atoms with Gasteiger partial charge in [-0.1, -0.05) is 30.0 Å². The number of cyclic esters (lactones) is 1. The van der Waals surface area contributed by atoms with E-state index in [1.165, 1.54) is 0 Å². The molecule has 15 heavy (non-hydrogen) atoms. The number of allylic oxidation sites excluding steroid dienone is 2. The number of esters is 1. The summed E-state index contributed by atoms with van der Waals surface area (Å²) in [6, 6.07) is 9.69. The van der Waals surface area contributed by atoms with Crippen LogP contribution in [0.25, 0.3) is 0 Å². The third-order valence-corrected chi connectivity index (χ3v) is 2.04. The van der Waals surface area contributed by atoms with Gasteiger partial charge in [0.1, 0.15) is 5.76 Å². The van der Waals surface area contributed by atoms with Crippen LogP contribution in [0.4, 0.5) is 0 Å². The average Bonchev–Trinajstić information content (AvgIpc) is 2.66. The largest absolute Gasteiger partial charge is 0.430 e. The Morgan fingerprint density at radius 1 is 1.20 bits per heavy atom. The van der Waals surface area contributed by atoms with Gasteiger partial charge in [0, 0.05) is 18.1 Å². The molecule has 0 aromatic heterocycles. The Morgan fingerprint density at radius 2 is 2.00 bits per heavy atom. The van der Waals surface area contributed by atoms with Crippen LogP contribution in [0.5, 0.6) is 0 Å². The Bertz CT molecular complexity index is 446. The van der Waals surface area contributed by atoms with Crippen LogP contribution in [-0.2, 0) is 9.53 Å². The van der Waals surface area contributed by atoms with Crippen molar-refractivity contribution in [1.82, 2.24) is 0 Å². The highest BCUT2D eigenvalue weighted by atomic mass is 16.5. The smallest absolute Gasteiger partial charge is 0.311 e. The third kappa shape index (κ3) is 2.72. The minimum Gasteiger partial charge on any atom is -0.430 e. The second kappa shape index (κ2) is 4.47. The quantitative estimate of drug-likeness (QED) is 0.472. The van der Waals surface area contributed by atoms with E-state index in [-0.39, 0.29) is 5.97 Å². The zero-order valence-corrected chi connectivity index (χ0v) is 8.19. The summed E-state index contributed by atoms with van der Waals surface area (Å²) >= 11 is 0. The van der Waals surface area contributed by atoms with Crippen molar-refractivity contribution in [1.29, 1.82) is 0 Å². The first-order valence-corrected chi connectivity index (χ1v) is 4.81. The zero-order valence-electron chi connectivity index (χ0n) is 8.19. The summed E-state index contributed by atoms with van der Waals surface area (Å²) in [6.07, 6.45) is 2.80. The fourth-order valence-corrected chi connectivity index (χ4v) is 1.30. The molecule has 1 aromatic carbocycles. The number of rotatable bonds is 0. The summed E-state index contributed by atoms with van der Waals surface area (Å²) in [5.74, 6) is 6.35. The fraction of sp³-hybridized carbons (Fsp3) is 0.154. The van der Waals surface area contributed by atoms with E-state index < -0.39 is 0 Å². The molecule has 2 heteroatoms. The molecular formula is C13H10O2. The average molecular weight is 198 g/mol. The fourth-order valence-electron chi connectivity index (χ4n) is 1.30. The zero-order chi connectivity index (χ0) is 10.5. The Kier molecular flexibility index (Phi) is 2.85. The van der Waals surface area contributed by atoms with Crippen LogP contribution in [0, 0.1) is 11.8 Å². The standard InChI is InChI=1S/C13H10O2/c14-13-10-9-12(15-13)8-4-7-11-5-2-1-3-6-11/h1-3,5-6,8H,9-10H2/b12-8-. The van der Waals surface area contributed by atoms with Gasteiger partial charge >= 0.3 is 5.97 Å². The van der Waals surface area contributed by atoms with Gasteiger partial charge in [-0.15, -0.1) is 0 Å². The van der Waals surface area contributed by atoms with Gasteiger partial charge < -0.3 is 4.74 Å². The lowest BCUT2D eigenvalue weighted by Crippen LogP contribution is -1.88. The minimum absolute atomic E-state index is 0.164. The van der Waals surface area contributed by atoms with E-state index >= 15 is 0 Å². The molecule has 1 aromatic rings. The van der Waals surface area contributed by atoms with Crippen molar-refractivity contribution in [2.75, 3.05) is 0 Å². The molecule has 1 saturated heterocycles. The molecule has 1 aliphatic rings. The summed E-state index contributed by atoms with van der Waals surface area (Å²) in [4.78, 5) is 10.8. The first-order chi connectivity index (χ1) is 7.34. The van der Waals surface area contributed by atoms with Crippen molar-refractivity contribution in [2.45, 2.75) is 12.8 Å². The van der Waals surface area contributed by atoms with Crippen LogP contribution in [0.1, 0.15) is 18.4 Å². The van der Waals surface area contributed by atoms with Crippen molar-refractivity contribution >= 4 is 5.97 Å². The molecule has 0 N–H and O–H groups in total. The molecule has 0 radical (unpaired) electrons. The monoisotopic (exact) mass is 198 g/mol. The number of ether oxygens (including phenoxy) is 1. The molecule has 0 spiro atoms. The van der Waals surface area contributed by atoms with Gasteiger partial charge in [-0.25, -0.2) is 0 Å². The van der Waals surface area contributed by atoms with Gasteiger partial charge in [-0.05, 0) is 12.1 Å². The van der Waals surface area contributed by atoms with E-state index in [9.17, 15) is 4.79 Å². The molecule has 74 valence electrons. The van der Waals surface area contributed by atoms with Gasteiger partial charge in [0.05, 0.1) is 6.42 Å². The highest BCUT2D eigenvalue weighted by Gasteiger charge is 2.15. The van der Waals surface area contributed by atoms with E-state index in [0.29, 0.717) is 18.6 Å². The molecule has 0 atom stereocenters. The van der Waals surface area contributed by atoms with Gasteiger partial charge in [0.15, 0.2) is 0 Å². The van der Waals surface area contributed by atoms with E-state index in [1.54, 1.807) is 6.08 Å². The molecule has 0 amide bonds. The van der Waals surface area contributed by atoms with Gasteiger partial charge in [0.25, 0.3) is 0 Å². The third-order valence-electron chi connectivity index (χ3n) is 2.04. The molecule has 0 bridgehead atoms. The summed E-state index contributed by atoms with van der Waals surface area (Å²) in [6.45, 7) is 0. The van der Waals surface area contributed by atoms with Crippen LogP contribution < -0.4 is 0 Å². The summed E-state index contributed by atoms with van der Waals surface area (Å²) in [5, 5.41) is 0. The molecule has 2 nitrogen and oxygen atoms in total. The van der Waals surface area contributed by atoms with Crippen molar-refractivity contribution in [2.24, 2.45) is 0 Å². The predicted octanol–water partition coefficient (Wildman–Crippen LogP) is 2.26. The van der Waals surface area contributed by atoms with Crippen LogP contribution in [0.3, 0.4) is 0 Å². The maximum absolute atomic E-state index is 10.8. The Hall–Kier alpha value is -2.01. The maximum atomic E-state index is 10.8. The molecular weight excluding hydrogens is 188 g/mol. The molecule has 1 heterocycles. The van der Waals surface area contributed by atoms with Crippen LogP contribution in [-0.4, -0.2) is 5.97 Å². The van der Waals surface area contributed by atoms with E-state index in [4.69, 9.17) is 4.74 Å². The van der Waals surface area contributed by atoms with E-state index in [0.717, 1.165) is 5.56 Å². The van der Waals surface area contributed by atoms with Gasteiger partial charge in [0.2, 0.25) is 0 Å². The first-order valence-electron chi connectivity index (χ1n) is 4.81.